The molecule has 270 valence electrons. The number of hydrogen-bond donors (Lipinski definition) is 0. The minimum Gasteiger partial charge on any atom is -0.0654 e. The van der Waals surface area contributed by atoms with Crippen molar-refractivity contribution in [2.45, 2.75) is 230 Å². The maximum atomic E-state index is 2.86. The quantitative estimate of drug-likeness (QED) is 0.0786. The average Bonchev–Trinajstić information content (AvgIpc) is 3.08. The Bertz CT molecular complexity index is 790. The first-order chi connectivity index (χ1) is 22.4. The van der Waals surface area contributed by atoms with Crippen LogP contribution in [0.2, 0.25) is 0 Å². The third-order valence-corrected chi connectivity index (χ3v) is 12.1. The number of unbranched alkanes of at least 4 members (excludes halogenated alkanes) is 5. The molecule has 1 aromatic carbocycles. The summed E-state index contributed by atoms with van der Waals surface area (Å²) in [6.07, 6.45) is 33.9. The van der Waals surface area contributed by atoms with Gasteiger partial charge >= 0.3 is 0 Å². The highest BCUT2D eigenvalue weighted by Crippen LogP contribution is 2.38. The Kier molecular flexibility index (Phi) is 25.5. The van der Waals surface area contributed by atoms with Crippen molar-refractivity contribution in [2.75, 3.05) is 0 Å². The molecular formula is C46H86. The highest BCUT2D eigenvalue weighted by atomic mass is 14.3. The molecule has 0 spiro atoms. The summed E-state index contributed by atoms with van der Waals surface area (Å²) in [4.78, 5) is 0. The molecule has 0 heterocycles. The van der Waals surface area contributed by atoms with E-state index in [1.807, 2.05) is 16.7 Å². The summed E-state index contributed by atoms with van der Waals surface area (Å²) in [5.74, 6) is 4.15. The predicted octanol–water partition coefficient (Wildman–Crippen LogP) is 15.5. The summed E-state index contributed by atoms with van der Waals surface area (Å²) >= 11 is 0. The van der Waals surface area contributed by atoms with E-state index in [0.717, 1.165) is 29.6 Å². The van der Waals surface area contributed by atoms with Gasteiger partial charge in [0.05, 0.1) is 0 Å². The Morgan fingerprint density at radius 1 is 0.326 bits per heavy atom. The molecule has 0 saturated carbocycles. The SMILES string of the molecule is CCCCC(CC)Cc1cc(CC(CC)CCCC)c(CC(CC)CCCC)c(CC(CC)CCCC)c1CC(CC)CCCC. The number of rotatable bonds is 30. The van der Waals surface area contributed by atoms with E-state index in [1.54, 1.807) is 11.1 Å². The summed E-state index contributed by atoms with van der Waals surface area (Å²) in [5.41, 5.74) is 9.20. The predicted molar refractivity (Wildman–Crippen MR) is 211 cm³/mol. The van der Waals surface area contributed by atoms with Gasteiger partial charge in [0, 0.05) is 0 Å². The van der Waals surface area contributed by atoms with Crippen molar-refractivity contribution in [3.05, 3.63) is 33.9 Å². The van der Waals surface area contributed by atoms with Gasteiger partial charge < -0.3 is 0 Å². The molecule has 1 rings (SSSR count). The molecule has 5 unspecified atom stereocenters. The van der Waals surface area contributed by atoms with E-state index in [9.17, 15) is 0 Å². The first-order valence-corrected chi connectivity index (χ1v) is 21.5. The molecule has 0 aromatic heterocycles. The molecule has 1 aromatic rings. The van der Waals surface area contributed by atoms with Gasteiger partial charge in [0.25, 0.3) is 0 Å². The minimum atomic E-state index is 0.830. The highest BCUT2D eigenvalue weighted by molar-refractivity contribution is 5.48. The molecule has 0 amide bonds. The van der Waals surface area contributed by atoms with Gasteiger partial charge in [-0.05, 0) is 89.5 Å². The first-order valence-electron chi connectivity index (χ1n) is 21.5. The van der Waals surface area contributed by atoms with Gasteiger partial charge in [-0.15, -0.1) is 0 Å². The number of hydrogen-bond acceptors (Lipinski definition) is 0. The van der Waals surface area contributed by atoms with Gasteiger partial charge in [-0.3, -0.25) is 0 Å². The molecule has 0 nitrogen and oxygen atoms in total. The topological polar surface area (TPSA) is 0 Å². The molecule has 0 aliphatic rings. The van der Waals surface area contributed by atoms with Crippen molar-refractivity contribution >= 4 is 0 Å². The summed E-state index contributed by atoms with van der Waals surface area (Å²) in [6, 6.07) is 2.86. The second-order valence-corrected chi connectivity index (χ2v) is 15.7. The van der Waals surface area contributed by atoms with Crippen LogP contribution in [0.15, 0.2) is 6.07 Å². The van der Waals surface area contributed by atoms with E-state index >= 15 is 0 Å². The highest BCUT2D eigenvalue weighted by Gasteiger charge is 2.26. The molecule has 0 aliphatic heterocycles. The second-order valence-electron chi connectivity index (χ2n) is 15.7. The molecule has 0 radical (unpaired) electrons. The monoisotopic (exact) mass is 639 g/mol. The summed E-state index contributed by atoms with van der Waals surface area (Å²) in [5, 5.41) is 0. The van der Waals surface area contributed by atoms with Crippen molar-refractivity contribution in [2.24, 2.45) is 29.6 Å². The Hall–Kier alpha value is -0.780. The largest absolute Gasteiger partial charge is 0.0654 e. The number of benzene rings is 1. The van der Waals surface area contributed by atoms with Gasteiger partial charge in [0.1, 0.15) is 0 Å². The summed E-state index contributed by atoms with van der Waals surface area (Å²) in [6.45, 7) is 24.3. The third-order valence-electron chi connectivity index (χ3n) is 12.1. The third kappa shape index (κ3) is 16.1. The van der Waals surface area contributed by atoms with Crippen LogP contribution in [0.1, 0.15) is 225 Å². The van der Waals surface area contributed by atoms with Gasteiger partial charge in [-0.1, -0.05) is 204 Å². The minimum absolute atomic E-state index is 0.830. The van der Waals surface area contributed by atoms with Crippen molar-refractivity contribution in [3.8, 4) is 0 Å². The summed E-state index contributed by atoms with van der Waals surface area (Å²) in [7, 11) is 0. The van der Waals surface area contributed by atoms with Crippen LogP contribution in [-0.4, -0.2) is 0 Å². The Labute approximate surface area is 292 Å². The van der Waals surface area contributed by atoms with Crippen LogP contribution in [0.3, 0.4) is 0 Å². The zero-order valence-electron chi connectivity index (χ0n) is 33.6. The lowest BCUT2D eigenvalue weighted by Gasteiger charge is -2.31. The standard InChI is InChI=1S/C46H86/c1-11-21-26-37(16-6)31-42-36-43(32-38(17-7)27-22-12-2)45(34-40(19-9)29-24-14-4)46(35-41(20-10)30-25-15-5)44(42)33-39(18-8)28-23-13-3/h36-41H,11-35H2,1-10H3. The van der Waals surface area contributed by atoms with Crippen LogP contribution in [0.4, 0.5) is 0 Å². The molecule has 5 atom stereocenters. The smallest absolute Gasteiger partial charge is 0.0245 e. The van der Waals surface area contributed by atoms with Crippen LogP contribution in [0.25, 0.3) is 0 Å². The molecule has 0 N–H and O–H groups in total. The average molecular weight is 639 g/mol. The van der Waals surface area contributed by atoms with Crippen molar-refractivity contribution in [1.29, 1.82) is 0 Å². The fourth-order valence-electron chi connectivity index (χ4n) is 8.28. The maximum Gasteiger partial charge on any atom is -0.0245 e. The van der Waals surface area contributed by atoms with E-state index in [2.05, 4.69) is 75.3 Å². The molecule has 0 heteroatoms. The Morgan fingerprint density at radius 2 is 0.565 bits per heavy atom. The van der Waals surface area contributed by atoms with Crippen molar-refractivity contribution in [3.63, 3.8) is 0 Å². The lowest BCUT2D eigenvalue weighted by atomic mass is 9.74. The van der Waals surface area contributed by atoms with Crippen LogP contribution in [-0.2, 0) is 32.1 Å². The lowest BCUT2D eigenvalue weighted by Crippen LogP contribution is -2.20. The Morgan fingerprint density at radius 3 is 0.804 bits per heavy atom. The molecule has 0 aliphatic carbocycles. The van der Waals surface area contributed by atoms with E-state index in [4.69, 9.17) is 0 Å². The molecule has 0 saturated heterocycles. The van der Waals surface area contributed by atoms with Crippen molar-refractivity contribution in [1.82, 2.24) is 0 Å². The fraction of sp³-hybridized carbons (Fsp3) is 0.870. The van der Waals surface area contributed by atoms with Crippen LogP contribution in [0, 0.1) is 29.6 Å². The van der Waals surface area contributed by atoms with Crippen LogP contribution < -0.4 is 0 Å². The lowest BCUT2D eigenvalue weighted by molar-refractivity contribution is 0.413. The van der Waals surface area contributed by atoms with Gasteiger partial charge in [-0.25, -0.2) is 0 Å². The Balaban J connectivity index is 4.07. The fourth-order valence-corrected chi connectivity index (χ4v) is 8.28. The second kappa shape index (κ2) is 27.1. The van der Waals surface area contributed by atoms with E-state index < -0.39 is 0 Å². The van der Waals surface area contributed by atoms with E-state index in [1.165, 1.54) is 161 Å². The zero-order valence-corrected chi connectivity index (χ0v) is 33.6. The van der Waals surface area contributed by atoms with E-state index in [-0.39, 0.29) is 0 Å². The van der Waals surface area contributed by atoms with Gasteiger partial charge in [0.15, 0.2) is 0 Å². The zero-order chi connectivity index (χ0) is 34.2. The van der Waals surface area contributed by atoms with Crippen molar-refractivity contribution < 1.29 is 0 Å². The van der Waals surface area contributed by atoms with Crippen LogP contribution in [0.5, 0.6) is 0 Å². The molecule has 46 heavy (non-hydrogen) atoms. The molecular weight excluding hydrogens is 553 g/mol. The molecule has 0 fully saturated rings. The van der Waals surface area contributed by atoms with Gasteiger partial charge in [-0.2, -0.15) is 0 Å². The van der Waals surface area contributed by atoms with Crippen LogP contribution >= 0.6 is 0 Å². The van der Waals surface area contributed by atoms with E-state index in [0.29, 0.717) is 0 Å². The van der Waals surface area contributed by atoms with Gasteiger partial charge in [0.2, 0.25) is 0 Å². The maximum absolute atomic E-state index is 2.86. The normalized spacial score (nSPS) is 15.2. The summed E-state index contributed by atoms with van der Waals surface area (Å²) < 4.78 is 0. The molecule has 0 bridgehead atoms. The first kappa shape index (κ1) is 43.2.